The van der Waals surface area contributed by atoms with Gasteiger partial charge in [-0.2, -0.15) is 0 Å². The van der Waals surface area contributed by atoms with Crippen LogP contribution >= 0.6 is 15.9 Å². The number of hydrogen-bond donors (Lipinski definition) is 1. The number of methoxy groups -OCH3 is 2. The Morgan fingerprint density at radius 1 is 0.833 bits per heavy atom. The molecule has 6 heteroatoms. The molecule has 158 valence electrons. The van der Waals surface area contributed by atoms with Crippen LogP contribution in [0.5, 0.6) is 17.2 Å². The van der Waals surface area contributed by atoms with Gasteiger partial charge in [-0.15, -0.1) is 0 Å². The zero-order chi connectivity index (χ0) is 21.3. The predicted octanol–water partition coefficient (Wildman–Crippen LogP) is 5.52. The quantitative estimate of drug-likeness (QED) is 0.393. The van der Waals surface area contributed by atoms with Crippen molar-refractivity contribution in [1.82, 2.24) is 5.32 Å². The first-order valence-electron chi connectivity index (χ1n) is 9.67. The Morgan fingerprint density at radius 3 is 2.27 bits per heavy atom. The molecule has 0 heterocycles. The van der Waals surface area contributed by atoms with E-state index in [4.69, 9.17) is 14.2 Å². The van der Waals surface area contributed by atoms with Crippen molar-refractivity contribution in [1.29, 1.82) is 0 Å². The smallest absolute Gasteiger partial charge is 0.162 e. The number of ether oxygens (including phenoxy) is 3. The summed E-state index contributed by atoms with van der Waals surface area (Å²) in [5.74, 6) is 1.78. The zero-order valence-electron chi connectivity index (χ0n) is 17.1. The summed E-state index contributed by atoms with van der Waals surface area (Å²) in [6, 6.07) is 18.4. The Bertz CT molecular complexity index is 980. The van der Waals surface area contributed by atoms with Gasteiger partial charge in [0.05, 0.1) is 14.2 Å². The van der Waals surface area contributed by atoms with Crippen LogP contribution in [0.25, 0.3) is 0 Å². The van der Waals surface area contributed by atoms with Gasteiger partial charge in [0.2, 0.25) is 0 Å². The van der Waals surface area contributed by atoms with Crippen molar-refractivity contribution in [2.45, 2.75) is 19.6 Å². The molecule has 0 fully saturated rings. The summed E-state index contributed by atoms with van der Waals surface area (Å²) >= 11 is 3.60. The van der Waals surface area contributed by atoms with E-state index in [1.165, 1.54) is 11.6 Å². The van der Waals surface area contributed by atoms with Crippen LogP contribution in [0.4, 0.5) is 4.39 Å². The predicted molar refractivity (Wildman–Crippen MR) is 120 cm³/mol. The lowest BCUT2D eigenvalue weighted by Gasteiger charge is -2.15. The van der Waals surface area contributed by atoms with Crippen molar-refractivity contribution in [3.63, 3.8) is 0 Å². The van der Waals surface area contributed by atoms with E-state index < -0.39 is 0 Å². The van der Waals surface area contributed by atoms with E-state index in [0.717, 1.165) is 28.8 Å². The van der Waals surface area contributed by atoms with Crippen LogP contribution in [0, 0.1) is 5.82 Å². The molecule has 30 heavy (non-hydrogen) atoms. The average Bonchev–Trinajstić information content (AvgIpc) is 2.77. The van der Waals surface area contributed by atoms with Gasteiger partial charge in [0.15, 0.2) is 11.5 Å². The van der Waals surface area contributed by atoms with Crippen LogP contribution in [0.15, 0.2) is 65.1 Å². The van der Waals surface area contributed by atoms with E-state index in [0.29, 0.717) is 23.6 Å². The van der Waals surface area contributed by atoms with Crippen LogP contribution in [-0.2, 0) is 19.6 Å². The van der Waals surface area contributed by atoms with Gasteiger partial charge in [0.25, 0.3) is 0 Å². The Balaban J connectivity index is 1.60. The van der Waals surface area contributed by atoms with Gasteiger partial charge in [0, 0.05) is 16.6 Å². The van der Waals surface area contributed by atoms with Gasteiger partial charge < -0.3 is 19.5 Å². The molecule has 0 aromatic heterocycles. The van der Waals surface area contributed by atoms with Crippen LogP contribution in [-0.4, -0.2) is 20.8 Å². The second kappa shape index (κ2) is 11.0. The number of nitrogens with one attached hydrogen (secondary N) is 1. The van der Waals surface area contributed by atoms with Gasteiger partial charge in [-0.3, -0.25) is 0 Å². The van der Waals surface area contributed by atoms with E-state index >= 15 is 0 Å². The molecule has 0 bridgehead atoms. The minimum atomic E-state index is -0.286. The van der Waals surface area contributed by atoms with E-state index in [-0.39, 0.29) is 12.4 Å². The summed E-state index contributed by atoms with van der Waals surface area (Å²) in [6.07, 6.45) is 0.864. The molecule has 0 aliphatic heterocycles. The van der Waals surface area contributed by atoms with Gasteiger partial charge in [-0.25, -0.2) is 4.39 Å². The summed E-state index contributed by atoms with van der Waals surface area (Å²) in [7, 11) is 3.28. The molecule has 3 rings (SSSR count). The number of hydrogen-bond acceptors (Lipinski definition) is 4. The van der Waals surface area contributed by atoms with Crippen molar-refractivity contribution in [2.75, 3.05) is 20.8 Å². The molecular weight excluding hydrogens is 449 g/mol. The number of para-hydroxylation sites is 1. The molecule has 4 nitrogen and oxygen atoms in total. The highest BCUT2D eigenvalue weighted by atomic mass is 79.9. The Morgan fingerprint density at radius 2 is 1.53 bits per heavy atom. The second-order valence-electron chi connectivity index (χ2n) is 6.71. The second-order valence-corrected chi connectivity index (χ2v) is 7.57. The minimum Gasteiger partial charge on any atom is -0.496 e. The molecule has 3 aromatic rings. The van der Waals surface area contributed by atoms with Crippen molar-refractivity contribution >= 4 is 15.9 Å². The van der Waals surface area contributed by atoms with Crippen LogP contribution < -0.4 is 19.5 Å². The van der Waals surface area contributed by atoms with Crippen LogP contribution in [0.1, 0.15) is 16.7 Å². The molecule has 0 aliphatic rings. The van der Waals surface area contributed by atoms with E-state index in [1.54, 1.807) is 32.4 Å². The number of benzene rings is 3. The van der Waals surface area contributed by atoms with Crippen molar-refractivity contribution in [3.05, 3.63) is 87.6 Å². The Hall–Kier alpha value is -2.57. The first kappa shape index (κ1) is 22.1. The lowest BCUT2D eigenvalue weighted by atomic mass is 10.1. The SMILES string of the molecule is COc1ccccc1CCNCc1cc(OC)c(OCc2ccccc2F)cc1Br. The maximum Gasteiger partial charge on any atom is 0.162 e. The third kappa shape index (κ3) is 5.74. The van der Waals surface area contributed by atoms with Crippen molar-refractivity contribution < 1.29 is 18.6 Å². The first-order chi connectivity index (χ1) is 14.6. The fraction of sp³-hybridized carbons (Fsp3) is 0.250. The maximum atomic E-state index is 13.8. The van der Waals surface area contributed by atoms with Gasteiger partial charge in [-0.1, -0.05) is 52.3 Å². The minimum absolute atomic E-state index is 0.131. The molecule has 3 aromatic carbocycles. The third-order valence-electron chi connectivity index (χ3n) is 4.75. The Kier molecular flexibility index (Phi) is 8.11. The van der Waals surface area contributed by atoms with Gasteiger partial charge >= 0.3 is 0 Å². The summed E-state index contributed by atoms with van der Waals surface area (Å²) in [6.45, 7) is 1.60. The van der Waals surface area contributed by atoms with Crippen molar-refractivity contribution in [2.24, 2.45) is 0 Å². The number of halogens is 2. The Labute approximate surface area is 185 Å². The molecule has 0 saturated carbocycles. The zero-order valence-corrected chi connectivity index (χ0v) is 18.7. The molecule has 0 radical (unpaired) electrons. The molecule has 0 aliphatic carbocycles. The summed E-state index contributed by atoms with van der Waals surface area (Å²) < 4.78 is 31.4. The number of rotatable bonds is 10. The first-order valence-corrected chi connectivity index (χ1v) is 10.5. The topological polar surface area (TPSA) is 39.7 Å². The van der Waals surface area contributed by atoms with E-state index in [9.17, 15) is 4.39 Å². The summed E-state index contributed by atoms with van der Waals surface area (Å²) in [4.78, 5) is 0. The van der Waals surface area contributed by atoms with E-state index in [1.807, 2.05) is 30.3 Å². The molecule has 0 saturated heterocycles. The highest BCUT2D eigenvalue weighted by molar-refractivity contribution is 9.10. The highest BCUT2D eigenvalue weighted by Gasteiger charge is 2.12. The normalized spacial score (nSPS) is 10.7. The largest absolute Gasteiger partial charge is 0.496 e. The molecule has 0 spiro atoms. The highest BCUT2D eigenvalue weighted by Crippen LogP contribution is 2.34. The summed E-state index contributed by atoms with van der Waals surface area (Å²) in [5.41, 5.74) is 2.71. The molecule has 1 N–H and O–H groups in total. The van der Waals surface area contributed by atoms with Gasteiger partial charge in [-0.05, 0) is 48.4 Å². The molecule has 0 atom stereocenters. The fourth-order valence-corrected chi connectivity index (χ4v) is 3.57. The van der Waals surface area contributed by atoms with Crippen LogP contribution in [0.2, 0.25) is 0 Å². The van der Waals surface area contributed by atoms with Crippen molar-refractivity contribution in [3.8, 4) is 17.2 Å². The van der Waals surface area contributed by atoms with E-state index in [2.05, 4.69) is 27.3 Å². The lowest BCUT2D eigenvalue weighted by Crippen LogP contribution is -2.17. The summed E-state index contributed by atoms with van der Waals surface area (Å²) in [5, 5.41) is 3.45. The van der Waals surface area contributed by atoms with Gasteiger partial charge in [0.1, 0.15) is 18.2 Å². The monoisotopic (exact) mass is 473 g/mol. The van der Waals surface area contributed by atoms with Crippen LogP contribution in [0.3, 0.4) is 0 Å². The fourth-order valence-electron chi connectivity index (χ4n) is 3.11. The average molecular weight is 474 g/mol. The standard InChI is InChI=1S/C24H25BrFNO3/c1-28-22-10-6-4-7-17(22)11-12-27-15-19-13-23(29-2)24(14-20(19)25)30-16-18-8-3-5-9-21(18)26/h3-10,13-14,27H,11-12,15-16H2,1-2H3. The molecular formula is C24H25BrFNO3. The molecule has 0 unspecified atom stereocenters. The third-order valence-corrected chi connectivity index (χ3v) is 5.49. The lowest BCUT2D eigenvalue weighted by molar-refractivity contribution is 0.279. The molecule has 0 amide bonds. The maximum absolute atomic E-state index is 13.8.